The fourth-order valence-electron chi connectivity index (χ4n) is 4.91. The summed E-state index contributed by atoms with van der Waals surface area (Å²) in [6.45, 7) is 13.2. The van der Waals surface area contributed by atoms with Crippen LogP contribution in [-0.4, -0.2) is 78.3 Å². The van der Waals surface area contributed by atoms with E-state index in [4.69, 9.17) is 9.97 Å². The lowest BCUT2D eigenvalue weighted by molar-refractivity contribution is 0.233. The SMILES string of the molecule is Cc1cc2c(N3CCCC3)nc(N3CCCC3)nc2n1CCN1CCNCC1. The number of anilines is 2. The molecule has 7 nitrogen and oxygen atoms in total. The van der Waals surface area contributed by atoms with Crippen LogP contribution in [0, 0.1) is 6.92 Å². The van der Waals surface area contributed by atoms with Gasteiger partial charge in [0.25, 0.3) is 0 Å². The number of piperazine rings is 1. The summed E-state index contributed by atoms with van der Waals surface area (Å²) in [7, 11) is 0. The number of aryl methyl sites for hydroxylation is 1. The van der Waals surface area contributed by atoms with E-state index in [1.165, 1.54) is 36.8 Å². The summed E-state index contributed by atoms with van der Waals surface area (Å²) in [6, 6.07) is 2.31. The third-order valence-electron chi connectivity index (χ3n) is 6.57. The minimum absolute atomic E-state index is 0.938. The van der Waals surface area contributed by atoms with Crippen LogP contribution in [0.3, 0.4) is 0 Å². The Morgan fingerprint density at radius 1 is 0.857 bits per heavy atom. The molecule has 0 saturated carbocycles. The highest BCUT2D eigenvalue weighted by atomic mass is 15.3. The van der Waals surface area contributed by atoms with E-state index in [9.17, 15) is 0 Å². The second-order valence-electron chi connectivity index (χ2n) is 8.50. The Morgan fingerprint density at radius 3 is 2.25 bits per heavy atom. The lowest BCUT2D eigenvalue weighted by Crippen LogP contribution is -2.44. The first-order valence-electron chi connectivity index (χ1n) is 11.1. The van der Waals surface area contributed by atoms with Gasteiger partial charge in [-0.1, -0.05) is 0 Å². The lowest BCUT2D eigenvalue weighted by atomic mass is 10.3. The van der Waals surface area contributed by atoms with E-state index in [1.807, 2.05) is 0 Å². The number of aromatic nitrogens is 3. The van der Waals surface area contributed by atoms with Gasteiger partial charge in [0.1, 0.15) is 11.5 Å². The normalized spacial score (nSPS) is 21.3. The molecule has 0 atom stereocenters. The van der Waals surface area contributed by atoms with Crippen LogP contribution in [-0.2, 0) is 6.54 Å². The maximum absolute atomic E-state index is 5.09. The van der Waals surface area contributed by atoms with Gasteiger partial charge >= 0.3 is 0 Å². The zero-order chi connectivity index (χ0) is 18.9. The molecule has 1 N–H and O–H groups in total. The molecule has 3 saturated heterocycles. The Hall–Kier alpha value is -1.86. The van der Waals surface area contributed by atoms with Crippen molar-refractivity contribution < 1.29 is 0 Å². The molecule has 0 unspecified atom stereocenters. The van der Waals surface area contributed by atoms with Gasteiger partial charge in [-0.05, 0) is 38.7 Å². The van der Waals surface area contributed by atoms with Crippen LogP contribution >= 0.6 is 0 Å². The molecule has 28 heavy (non-hydrogen) atoms. The second-order valence-corrected chi connectivity index (χ2v) is 8.50. The van der Waals surface area contributed by atoms with Gasteiger partial charge in [-0.3, -0.25) is 4.90 Å². The highest BCUT2D eigenvalue weighted by molar-refractivity contribution is 5.90. The molecule has 152 valence electrons. The Kier molecular flexibility index (Phi) is 5.11. The molecule has 0 bridgehead atoms. The van der Waals surface area contributed by atoms with E-state index in [-0.39, 0.29) is 0 Å². The lowest BCUT2D eigenvalue weighted by Gasteiger charge is -2.27. The Labute approximate surface area is 167 Å². The molecule has 2 aromatic rings. The van der Waals surface area contributed by atoms with Gasteiger partial charge in [-0.2, -0.15) is 9.97 Å². The first-order chi connectivity index (χ1) is 13.8. The quantitative estimate of drug-likeness (QED) is 0.850. The summed E-state index contributed by atoms with van der Waals surface area (Å²) >= 11 is 0. The highest BCUT2D eigenvalue weighted by Gasteiger charge is 2.24. The summed E-state index contributed by atoms with van der Waals surface area (Å²) in [6.07, 6.45) is 5.05. The van der Waals surface area contributed by atoms with Gasteiger partial charge in [0.2, 0.25) is 5.95 Å². The van der Waals surface area contributed by atoms with Crippen LogP contribution < -0.4 is 15.1 Å². The molecule has 0 aliphatic carbocycles. The van der Waals surface area contributed by atoms with Crippen molar-refractivity contribution in [2.24, 2.45) is 0 Å². The average Bonchev–Trinajstić information content (AvgIpc) is 3.48. The maximum atomic E-state index is 5.09. The number of hydrogen-bond acceptors (Lipinski definition) is 6. The van der Waals surface area contributed by atoms with Crippen LogP contribution in [0.25, 0.3) is 11.0 Å². The standard InChI is InChI=1S/C21H33N7/c1-17-16-18-19(26-8-2-3-9-26)23-21(27-10-4-5-11-27)24-20(18)28(17)15-14-25-12-6-22-7-13-25/h16,22H,2-15H2,1H3. The molecule has 7 heteroatoms. The molecule has 0 spiro atoms. The first kappa shape index (κ1) is 18.2. The van der Waals surface area contributed by atoms with Gasteiger partial charge in [0, 0.05) is 71.1 Å². The molecular weight excluding hydrogens is 350 g/mol. The maximum Gasteiger partial charge on any atom is 0.229 e. The van der Waals surface area contributed by atoms with Gasteiger partial charge in [0.15, 0.2) is 0 Å². The molecule has 5 rings (SSSR count). The summed E-state index contributed by atoms with van der Waals surface area (Å²) in [5.41, 5.74) is 2.44. The number of hydrogen-bond donors (Lipinski definition) is 1. The van der Waals surface area contributed by atoms with Crippen molar-refractivity contribution in [3.63, 3.8) is 0 Å². The summed E-state index contributed by atoms with van der Waals surface area (Å²) in [4.78, 5) is 17.6. The third kappa shape index (κ3) is 3.46. The summed E-state index contributed by atoms with van der Waals surface area (Å²) in [5, 5.41) is 4.68. The minimum Gasteiger partial charge on any atom is -0.356 e. The molecule has 3 fully saturated rings. The Morgan fingerprint density at radius 2 is 1.54 bits per heavy atom. The molecule has 3 aliphatic rings. The van der Waals surface area contributed by atoms with E-state index in [2.05, 4.69) is 37.6 Å². The fraction of sp³-hybridized carbons (Fsp3) is 0.714. The van der Waals surface area contributed by atoms with E-state index in [0.717, 1.165) is 82.9 Å². The van der Waals surface area contributed by atoms with Crippen LogP contribution in [0.2, 0.25) is 0 Å². The Balaban J connectivity index is 1.51. The van der Waals surface area contributed by atoms with Crippen molar-refractivity contribution in [2.45, 2.75) is 39.2 Å². The Bertz CT molecular complexity index is 812. The second kappa shape index (κ2) is 7.87. The molecule has 0 radical (unpaired) electrons. The van der Waals surface area contributed by atoms with E-state index in [0.29, 0.717) is 0 Å². The minimum atomic E-state index is 0.938. The first-order valence-corrected chi connectivity index (χ1v) is 11.1. The molecule has 2 aromatic heterocycles. The van der Waals surface area contributed by atoms with Gasteiger partial charge in [-0.15, -0.1) is 0 Å². The van der Waals surface area contributed by atoms with Crippen LogP contribution in [0.1, 0.15) is 31.4 Å². The summed E-state index contributed by atoms with van der Waals surface area (Å²) in [5.74, 6) is 2.10. The average molecular weight is 384 g/mol. The predicted octanol–water partition coefficient (Wildman–Crippen LogP) is 1.85. The summed E-state index contributed by atoms with van der Waals surface area (Å²) < 4.78 is 2.43. The molecular formula is C21H33N7. The van der Waals surface area contributed by atoms with Crippen molar-refractivity contribution in [1.82, 2.24) is 24.8 Å². The third-order valence-corrected chi connectivity index (χ3v) is 6.57. The van der Waals surface area contributed by atoms with Gasteiger partial charge in [-0.25, -0.2) is 0 Å². The fourth-order valence-corrected chi connectivity index (χ4v) is 4.91. The van der Waals surface area contributed by atoms with Crippen LogP contribution in [0.5, 0.6) is 0 Å². The zero-order valence-electron chi connectivity index (χ0n) is 17.2. The van der Waals surface area contributed by atoms with Gasteiger partial charge < -0.3 is 19.7 Å². The largest absolute Gasteiger partial charge is 0.356 e. The van der Waals surface area contributed by atoms with Crippen molar-refractivity contribution in [1.29, 1.82) is 0 Å². The monoisotopic (exact) mass is 383 g/mol. The molecule has 0 amide bonds. The van der Waals surface area contributed by atoms with E-state index in [1.54, 1.807) is 0 Å². The van der Waals surface area contributed by atoms with E-state index < -0.39 is 0 Å². The zero-order valence-corrected chi connectivity index (χ0v) is 17.2. The number of fused-ring (bicyclic) bond motifs is 1. The highest BCUT2D eigenvalue weighted by Crippen LogP contribution is 2.32. The van der Waals surface area contributed by atoms with Crippen molar-refractivity contribution in [3.05, 3.63) is 11.8 Å². The topological polar surface area (TPSA) is 52.5 Å². The number of nitrogens with one attached hydrogen (secondary N) is 1. The number of rotatable bonds is 5. The molecule has 3 aliphatic heterocycles. The molecule has 0 aromatic carbocycles. The van der Waals surface area contributed by atoms with Crippen molar-refractivity contribution in [3.8, 4) is 0 Å². The van der Waals surface area contributed by atoms with Crippen molar-refractivity contribution >= 4 is 22.8 Å². The van der Waals surface area contributed by atoms with Gasteiger partial charge in [0.05, 0.1) is 5.39 Å². The number of nitrogens with zero attached hydrogens (tertiary/aromatic N) is 6. The van der Waals surface area contributed by atoms with Crippen molar-refractivity contribution in [2.75, 3.05) is 68.7 Å². The van der Waals surface area contributed by atoms with E-state index >= 15 is 0 Å². The smallest absolute Gasteiger partial charge is 0.229 e. The van der Waals surface area contributed by atoms with Crippen LogP contribution in [0.15, 0.2) is 6.07 Å². The predicted molar refractivity (Wildman–Crippen MR) is 114 cm³/mol. The van der Waals surface area contributed by atoms with Crippen LogP contribution in [0.4, 0.5) is 11.8 Å². The molecule has 5 heterocycles.